The molecule has 0 spiro atoms. The van der Waals surface area contributed by atoms with Crippen LogP contribution < -0.4 is 5.32 Å². The molecule has 98 valence electrons. The van der Waals surface area contributed by atoms with Crippen molar-refractivity contribution in [2.45, 2.75) is 63.1 Å². The zero-order valence-corrected chi connectivity index (χ0v) is 10.9. The van der Waals surface area contributed by atoms with Gasteiger partial charge in [-0.15, -0.1) is 0 Å². The van der Waals surface area contributed by atoms with E-state index in [1.54, 1.807) is 0 Å². The van der Waals surface area contributed by atoms with Crippen molar-refractivity contribution in [3.05, 3.63) is 0 Å². The molecular formula is C14H26N2O. The van der Waals surface area contributed by atoms with Crippen LogP contribution in [0.5, 0.6) is 0 Å². The van der Waals surface area contributed by atoms with Crippen LogP contribution in [0, 0.1) is 0 Å². The van der Waals surface area contributed by atoms with E-state index in [0.717, 1.165) is 25.2 Å². The number of nitrogens with one attached hydrogen (secondary N) is 1. The third kappa shape index (κ3) is 3.01. The Morgan fingerprint density at radius 1 is 1.12 bits per heavy atom. The molecule has 3 aliphatic rings. The molecule has 17 heavy (non-hydrogen) atoms. The van der Waals surface area contributed by atoms with Crippen LogP contribution in [-0.2, 0) is 4.74 Å². The molecule has 0 aromatic carbocycles. The van der Waals surface area contributed by atoms with Gasteiger partial charge in [0.2, 0.25) is 0 Å². The van der Waals surface area contributed by atoms with Crippen LogP contribution in [0.25, 0.3) is 0 Å². The number of ether oxygens (including phenoxy) is 1. The van der Waals surface area contributed by atoms with E-state index in [0.29, 0.717) is 6.10 Å². The van der Waals surface area contributed by atoms with Crippen molar-refractivity contribution >= 4 is 0 Å². The van der Waals surface area contributed by atoms with Gasteiger partial charge < -0.3 is 15.0 Å². The van der Waals surface area contributed by atoms with E-state index in [-0.39, 0.29) is 0 Å². The highest BCUT2D eigenvalue weighted by molar-refractivity contribution is 4.89. The molecule has 0 radical (unpaired) electrons. The van der Waals surface area contributed by atoms with E-state index >= 15 is 0 Å². The fraction of sp³-hybridized carbons (Fsp3) is 1.00. The van der Waals surface area contributed by atoms with Crippen LogP contribution in [0.2, 0.25) is 0 Å². The number of rotatable bonds is 4. The minimum Gasteiger partial charge on any atom is -0.378 e. The smallest absolute Gasteiger partial charge is 0.0588 e. The van der Waals surface area contributed by atoms with Crippen molar-refractivity contribution in [2.75, 3.05) is 26.2 Å². The summed E-state index contributed by atoms with van der Waals surface area (Å²) in [4.78, 5) is 2.69. The highest BCUT2D eigenvalue weighted by Crippen LogP contribution is 2.26. The van der Waals surface area contributed by atoms with E-state index < -0.39 is 0 Å². The fourth-order valence-corrected chi connectivity index (χ4v) is 3.73. The van der Waals surface area contributed by atoms with Gasteiger partial charge in [-0.05, 0) is 64.6 Å². The summed E-state index contributed by atoms with van der Waals surface area (Å²) in [6.07, 6.45) is 9.90. The lowest BCUT2D eigenvalue weighted by Crippen LogP contribution is -2.46. The zero-order chi connectivity index (χ0) is 11.5. The second kappa shape index (κ2) is 5.68. The van der Waals surface area contributed by atoms with Crippen molar-refractivity contribution in [1.82, 2.24) is 10.2 Å². The van der Waals surface area contributed by atoms with Gasteiger partial charge in [-0.25, -0.2) is 0 Å². The van der Waals surface area contributed by atoms with Gasteiger partial charge in [-0.2, -0.15) is 0 Å². The van der Waals surface area contributed by atoms with Gasteiger partial charge in [-0.1, -0.05) is 0 Å². The molecule has 0 bridgehead atoms. The van der Waals surface area contributed by atoms with Crippen LogP contribution in [0.4, 0.5) is 0 Å². The summed E-state index contributed by atoms with van der Waals surface area (Å²) in [7, 11) is 0. The third-order valence-electron chi connectivity index (χ3n) is 4.74. The molecule has 3 heterocycles. The summed E-state index contributed by atoms with van der Waals surface area (Å²) >= 11 is 0. The molecule has 0 aromatic heterocycles. The minimum absolute atomic E-state index is 0.550. The summed E-state index contributed by atoms with van der Waals surface area (Å²) in [5, 5.41) is 3.75. The van der Waals surface area contributed by atoms with Crippen LogP contribution >= 0.6 is 0 Å². The number of fused-ring (bicyclic) bond motifs is 1. The first-order chi connectivity index (χ1) is 8.42. The molecular weight excluding hydrogens is 212 g/mol. The lowest BCUT2D eigenvalue weighted by molar-refractivity contribution is 0.101. The molecule has 3 fully saturated rings. The molecule has 3 rings (SSSR count). The summed E-state index contributed by atoms with van der Waals surface area (Å²) in [6.45, 7) is 4.82. The second-order valence-electron chi connectivity index (χ2n) is 5.93. The average Bonchev–Trinajstić information content (AvgIpc) is 2.98. The van der Waals surface area contributed by atoms with E-state index in [1.165, 1.54) is 58.0 Å². The SMILES string of the molecule is C1COC(CCNC2CCN3CCCC3C2)C1. The highest BCUT2D eigenvalue weighted by Gasteiger charge is 2.31. The Balaban J connectivity index is 1.34. The zero-order valence-electron chi connectivity index (χ0n) is 10.9. The van der Waals surface area contributed by atoms with Crippen LogP contribution in [0.1, 0.15) is 44.9 Å². The Morgan fingerprint density at radius 3 is 3.00 bits per heavy atom. The van der Waals surface area contributed by atoms with E-state index in [9.17, 15) is 0 Å². The lowest BCUT2D eigenvalue weighted by Gasteiger charge is -2.35. The number of piperidine rings is 1. The Morgan fingerprint density at radius 2 is 2.12 bits per heavy atom. The van der Waals surface area contributed by atoms with Gasteiger partial charge in [0, 0.05) is 18.7 Å². The molecule has 3 atom stereocenters. The van der Waals surface area contributed by atoms with Crippen LogP contribution in [0.3, 0.4) is 0 Å². The van der Waals surface area contributed by atoms with Gasteiger partial charge in [0.1, 0.15) is 0 Å². The van der Waals surface area contributed by atoms with Gasteiger partial charge in [0.15, 0.2) is 0 Å². The molecule has 0 aromatic rings. The predicted octanol–water partition coefficient (Wildman–Crippen LogP) is 1.77. The molecule has 3 saturated heterocycles. The molecule has 3 heteroatoms. The monoisotopic (exact) mass is 238 g/mol. The first-order valence-electron chi connectivity index (χ1n) is 7.51. The first kappa shape index (κ1) is 11.9. The van der Waals surface area contributed by atoms with E-state index in [2.05, 4.69) is 10.2 Å². The summed E-state index contributed by atoms with van der Waals surface area (Å²) in [5.74, 6) is 0. The maximum atomic E-state index is 5.66. The summed E-state index contributed by atoms with van der Waals surface area (Å²) in [5.41, 5.74) is 0. The lowest BCUT2D eigenvalue weighted by atomic mass is 9.97. The van der Waals surface area contributed by atoms with Crippen molar-refractivity contribution in [1.29, 1.82) is 0 Å². The second-order valence-corrected chi connectivity index (χ2v) is 5.93. The highest BCUT2D eigenvalue weighted by atomic mass is 16.5. The van der Waals surface area contributed by atoms with E-state index in [1.807, 2.05) is 0 Å². The number of hydrogen-bond acceptors (Lipinski definition) is 3. The minimum atomic E-state index is 0.550. The maximum Gasteiger partial charge on any atom is 0.0588 e. The third-order valence-corrected chi connectivity index (χ3v) is 4.74. The van der Waals surface area contributed by atoms with Crippen molar-refractivity contribution < 1.29 is 4.74 Å². The van der Waals surface area contributed by atoms with Crippen molar-refractivity contribution in [3.8, 4) is 0 Å². The molecule has 3 unspecified atom stereocenters. The average molecular weight is 238 g/mol. The largest absolute Gasteiger partial charge is 0.378 e. The van der Waals surface area contributed by atoms with Gasteiger partial charge in [0.05, 0.1) is 6.10 Å². The summed E-state index contributed by atoms with van der Waals surface area (Å²) in [6, 6.07) is 1.67. The van der Waals surface area contributed by atoms with Gasteiger partial charge >= 0.3 is 0 Å². The normalized spacial score (nSPS) is 38.5. The number of hydrogen-bond donors (Lipinski definition) is 1. The van der Waals surface area contributed by atoms with E-state index in [4.69, 9.17) is 4.74 Å². The number of nitrogens with zero attached hydrogens (tertiary/aromatic N) is 1. The standard InChI is InChI=1S/C14H26N2O/c1-3-13-11-12(6-9-16(13)8-1)15-7-5-14-4-2-10-17-14/h12-15H,1-11H2. The Hall–Kier alpha value is -0.120. The van der Waals surface area contributed by atoms with Gasteiger partial charge in [-0.3, -0.25) is 0 Å². The maximum absolute atomic E-state index is 5.66. The summed E-state index contributed by atoms with van der Waals surface area (Å²) < 4.78 is 5.66. The first-order valence-corrected chi connectivity index (χ1v) is 7.51. The molecule has 0 aliphatic carbocycles. The van der Waals surface area contributed by atoms with Crippen LogP contribution in [-0.4, -0.2) is 49.3 Å². The molecule has 1 N–H and O–H groups in total. The van der Waals surface area contributed by atoms with Crippen molar-refractivity contribution in [2.24, 2.45) is 0 Å². The van der Waals surface area contributed by atoms with Crippen molar-refractivity contribution in [3.63, 3.8) is 0 Å². The molecule has 3 nitrogen and oxygen atoms in total. The quantitative estimate of drug-likeness (QED) is 0.808. The topological polar surface area (TPSA) is 24.5 Å². The molecule has 0 saturated carbocycles. The Bertz CT molecular complexity index is 240. The Labute approximate surface area is 105 Å². The fourth-order valence-electron chi connectivity index (χ4n) is 3.73. The molecule has 3 aliphatic heterocycles. The predicted molar refractivity (Wildman–Crippen MR) is 69.2 cm³/mol. The Kier molecular flexibility index (Phi) is 3.99. The van der Waals surface area contributed by atoms with Gasteiger partial charge in [0.25, 0.3) is 0 Å². The van der Waals surface area contributed by atoms with Crippen LogP contribution in [0.15, 0.2) is 0 Å². The molecule has 0 amide bonds.